The Bertz CT molecular complexity index is 640. The van der Waals surface area contributed by atoms with Gasteiger partial charge in [0, 0.05) is 11.8 Å². The van der Waals surface area contributed by atoms with Gasteiger partial charge in [0.1, 0.15) is 11.8 Å². The Morgan fingerprint density at radius 3 is 2.25 bits per heavy atom. The molecule has 5 nitrogen and oxygen atoms in total. The quantitative estimate of drug-likeness (QED) is 0.864. The largest absolute Gasteiger partial charge is 0.493 e. The van der Waals surface area contributed by atoms with Crippen LogP contribution < -0.4 is 19.9 Å². The predicted molar refractivity (Wildman–Crippen MR) is 75.2 cm³/mol. The number of ether oxygens (including phenoxy) is 3. The van der Waals surface area contributed by atoms with Gasteiger partial charge < -0.3 is 19.9 Å². The zero-order valence-corrected chi connectivity index (χ0v) is 11.2. The van der Waals surface area contributed by atoms with E-state index in [0.717, 1.165) is 0 Å². The fourth-order valence-corrected chi connectivity index (χ4v) is 1.73. The van der Waals surface area contributed by atoms with Crippen molar-refractivity contribution in [3.63, 3.8) is 0 Å². The van der Waals surface area contributed by atoms with E-state index in [-0.39, 0.29) is 0 Å². The van der Waals surface area contributed by atoms with Crippen LogP contribution in [0.1, 0.15) is 5.56 Å². The highest BCUT2D eigenvalue weighted by atomic mass is 16.5. The molecule has 5 heteroatoms. The van der Waals surface area contributed by atoms with E-state index >= 15 is 0 Å². The predicted octanol–water partition coefficient (Wildman–Crippen LogP) is 2.95. The maximum absolute atomic E-state index is 8.98. The van der Waals surface area contributed by atoms with Crippen molar-refractivity contribution in [2.45, 2.75) is 0 Å². The van der Waals surface area contributed by atoms with E-state index in [4.69, 9.17) is 25.2 Å². The minimum Gasteiger partial charge on any atom is -0.493 e. The number of para-hydroxylation sites is 1. The molecule has 0 bridgehead atoms. The van der Waals surface area contributed by atoms with Crippen LogP contribution in [0.5, 0.6) is 23.0 Å². The van der Waals surface area contributed by atoms with E-state index < -0.39 is 0 Å². The number of hydrogen-bond donors (Lipinski definition) is 1. The second-order valence-electron chi connectivity index (χ2n) is 3.95. The smallest absolute Gasteiger partial charge is 0.210 e. The molecule has 0 saturated carbocycles. The number of nitrogens with two attached hydrogens (primary N) is 1. The number of nitriles is 1. The molecule has 2 N–H and O–H groups in total. The number of hydrogen-bond acceptors (Lipinski definition) is 5. The van der Waals surface area contributed by atoms with Crippen LogP contribution in [0.15, 0.2) is 36.4 Å². The van der Waals surface area contributed by atoms with Crippen LogP contribution in [-0.2, 0) is 0 Å². The third-order valence-electron chi connectivity index (χ3n) is 2.75. The molecule has 20 heavy (non-hydrogen) atoms. The fraction of sp³-hybridized carbons (Fsp3) is 0.133. The van der Waals surface area contributed by atoms with Crippen molar-refractivity contribution in [3.05, 3.63) is 42.0 Å². The molecule has 102 valence electrons. The lowest BCUT2D eigenvalue weighted by Gasteiger charge is -2.14. The SMILES string of the molecule is COc1cccc(OC)c1Oc1ccc(N)c(C#N)c1. The Hall–Kier alpha value is -2.87. The first-order chi connectivity index (χ1) is 9.69. The minimum absolute atomic E-state index is 0.358. The Labute approximate surface area is 117 Å². The standard InChI is InChI=1S/C15H14N2O3/c1-18-13-4-3-5-14(19-2)15(13)20-11-6-7-12(17)10(8-11)9-16/h3-8H,17H2,1-2H3. The summed E-state index contributed by atoms with van der Waals surface area (Å²) in [6.45, 7) is 0. The zero-order chi connectivity index (χ0) is 14.5. The highest BCUT2D eigenvalue weighted by Gasteiger charge is 2.13. The molecule has 0 atom stereocenters. The summed E-state index contributed by atoms with van der Waals surface area (Å²) in [6, 6.07) is 12.2. The number of anilines is 1. The lowest BCUT2D eigenvalue weighted by molar-refractivity contribution is 0.346. The van der Waals surface area contributed by atoms with Crippen LogP contribution in [0.3, 0.4) is 0 Å². The number of methoxy groups -OCH3 is 2. The maximum atomic E-state index is 8.98. The molecule has 0 saturated heterocycles. The van der Waals surface area contributed by atoms with Crippen LogP contribution in [0.4, 0.5) is 5.69 Å². The molecule has 0 amide bonds. The number of nitrogens with zero attached hydrogens (tertiary/aromatic N) is 1. The van der Waals surface area contributed by atoms with Crippen molar-refractivity contribution in [1.82, 2.24) is 0 Å². The van der Waals surface area contributed by atoms with E-state index in [1.54, 1.807) is 50.6 Å². The molecule has 0 aliphatic rings. The third kappa shape index (κ3) is 2.59. The normalized spacial score (nSPS) is 9.65. The summed E-state index contributed by atoms with van der Waals surface area (Å²) in [6.07, 6.45) is 0. The second-order valence-corrected chi connectivity index (χ2v) is 3.95. The van der Waals surface area contributed by atoms with Crippen LogP contribution >= 0.6 is 0 Å². The summed E-state index contributed by atoms with van der Waals surface area (Å²) >= 11 is 0. The van der Waals surface area contributed by atoms with Gasteiger partial charge >= 0.3 is 0 Å². The topological polar surface area (TPSA) is 77.5 Å². The first-order valence-corrected chi connectivity index (χ1v) is 5.88. The maximum Gasteiger partial charge on any atom is 0.210 e. The van der Waals surface area contributed by atoms with Crippen molar-refractivity contribution < 1.29 is 14.2 Å². The van der Waals surface area contributed by atoms with Gasteiger partial charge in [-0.3, -0.25) is 0 Å². The van der Waals surface area contributed by atoms with Crippen molar-refractivity contribution >= 4 is 5.69 Å². The van der Waals surface area contributed by atoms with Gasteiger partial charge in [-0.1, -0.05) is 6.07 Å². The van der Waals surface area contributed by atoms with E-state index in [9.17, 15) is 0 Å². The zero-order valence-electron chi connectivity index (χ0n) is 11.2. The number of nitrogen functional groups attached to an aromatic ring is 1. The van der Waals surface area contributed by atoms with Crippen LogP contribution in [0.25, 0.3) is 0 Å². The lowest BCUT2D eigenvalue weighted by Crippen LogP contribution is -1.96. The second kappa shape index (κ2) is 5.85. The number of rotatable bonds is 4. The molecule has 0 unspecified atom stereocenters. The molecule has 0 aliphatic heterocycles. The Morgan fingerprint density at radius 2 is 1.70 bits per heavy atom. The van der Waals surface area contributed by atoms with Gasteiger partial charge in [0.25, 0.3) is 0 Å². The van der Waals surface area contributed by atoms with Gasteiger partial charge in [-0.15, -0.1) is 0 Å². The van der Waals surface area contributed by atoms with Crippen molar-refractivity contribution in [2.75, 3.05) is 20.0 Å². The molecule has 0 spiro atoms. The third-order valence-corrected chi connectivity index (χ3v) is 2.75. The van der Waals surface area contributed by atoms with Crippen LogP contribution in [0, 0.1) is 11.3 Å². The molecule has 0 radical (unpaired) electrons. The van der Waals surface area contributed by atoms with E-state index in [1.165, 1.54) is 0 Å². The Morgan fingerprint density at radius 1 is 1.05 bits per heavy atom. The van der Waals surface area contributed by atoms with E-state index in [0.29, 0.717) is 34.2 Å². The first-order valence-electron chi connectivity index (χ1n) is 5.88. The molecule has 0 aliphatic carbocycles. The molecule has 0 fully saturated rings. The van der Waals surface area contributed by atoms with Gasteiger partial charge in [0.2, 0.25) is 5.75 Å². The average Bonchev–Trinajstić information content (AvgIpc) is 2.49. The van der Waals surface area contributed by atoms with Crippen LogP contribution in [0.2, 0.25) is 0 Å². The molecule has 0 heterocycles. The fourth-order valence-electron chi connectivity index (χ4n) is 1.73. The van der Waals surface area contributed by atoms with Crippen molar-refractivity contribution in [3.8, 4) is 29.1 Å². The summed E-state index contributed by atoms with van der Waals surface area (Å²) in [5.74, 6) is 2.02. The molecule has 0 aromatic heterocycles. The summed E-state index contributed by atoms with van der Waals surface area (Å²) in [5.41, 5.74) is 6.44. The van der Waals surface area contributed by atoms with Crippen molar-refractivity contribution in [2.24, 2.45) is 0 Å². The highest BCUT2D eigenvalue weighted by molar-refractivity contribution is 5.58. The van der Waals surface area contributed by atoms with E-state index in [1.807, 2.05) is 6.07 Å². The van der Waals surface area contributed by atoms with E-state index in [2.05, 4.69) is 0 Å². The van der Waals surface area contributed by atoms with Gasteiger partial charge in [-0.25, -0.2) is 0 Å². The Balaban J connectivity index is 2.42. The van der Waals surface area contributed by atoms with Gasteiger partial charge in [-0.2, -0.15) is 5.26 Å². The molecule has 2 aromatic rings. The van der Waals surface area contributed by atoms with Gasteiger partial charge in [-0.05, 0) is 24.3 Å². The highest BCUT2D eigenvalue weighted by Crippen LogP contribution is 2.40. The molecule has 2 aromatic carbocycles. The summed E-state index contributed by atoms with van der Waals surface area (Å²) in [4.78, 5) is 0. The summed E-state index contributed by atoms with van der Waals surface area (Å²) in [7, 11) is 3.09. The van der Waals surface area contributed by atoms with Crippen LogP contribution in [-0.4, -0.2) is 14.2 Å². The van der Waals surface area contributed by atoms with Gasteiger partial charge in [0.15, 0.2) is 11.5 Å². The summed E-state index contributed by atoms with van der Waals surface area (Å²) < 4.78 is 16.3. The average molecular weight is 270 g/mol. The number of benzene rings is 2. The molecule has 2 rings (SSSR count). The molecular weight excluding hydrogens is 256 g/mol. The van der Waals surface area contributed by atoms with Crippen molar-refractivity contribution in [1.29, 1.82) is 5.26 Å². The minimum atomic E-state index is 0.358. The van der Waals surface area contributed by atoms with Gasteiger partial charge in [0.05, 0.1) is 19.8 Å². The first kappa shape index (κ1) is 13.6. The Kier molecular flexibility index (Phi) is 3.96. The monoisotopic (exact) mass is 270 g/mol. The summed E-state index contributed by atoms with van der Waals surface area (Å²) in [5, 5.41) is 8.98. The lowest BCUT2D eigenvalue weighted by atomic mass is 10.2. The molecular formula is C15H14N2O3.